The van der Waals surface area contributed by atoms with Gasteiger partial charge in [-0.2, -0.15) is 12.6 Å². The van der Waals surface area contributed by atoms with Gasteiger partial charge in [-0.25, -0.2) is 0 Å². The number of carbonyl (C=O) groups excluding carboxylic acids is 1. The second kappa shape index (κ2) is 4.44. The van der Waals surface area contributed by atoms with E-state index in [0.717, 1.165) is 0 Å². The van der Waals surface area contributed by atoms with E-state index in [-0.39, 0.29) is 5.97 Å². The van der Waals surface area contributed by atoms with Gasteiger partial charge in [0.2, 0.25) is 0 Å². The van der Waals surface area contributed by atoms with E-state index in [0.29, 0.717) is 17.9 Å². The molecule has 52 valence electrons. The van der Waals surface area contributed by atoms with Crippen molar-refractivity contribution < 1.29 is 9.53 Å². The average molecular weight is 146 g/mol. The predicted molar refractivity (Wildman–Crippen MR) is 39.4 cm³/mol. The normalized spacial score (nSPS) is 8.67. The smallest absolute Gasteiger partial charge is 0.311 e. The van der Waals surface area contributed by atoms with E-state index in [1.165, 1.54) is 0 Å². The van der Waals surface area contributed by atoms with Crippen LogP contribution in [0.4, 0.5) is 0 Å². The summed E-state index contributed by atoms with van der Waals surface area (Å²) in [6.45, 7) is 5.04. The molecule has 0 unspecified atom stereocenters. The van der Waals surface area contributed by atoms with Gasteiger partial charge in [0.05, 0.1) is 12.2 Å². The van der Waals surface area contributed by atoms with Crippen molar-refractivity contribution in [3.63, 3.8) is 0 Å². The second-order valence-corrected chi connectivity index (χ2v) is 2.10. The summed E-state index contributed by atoms with van der Waals surface area (Å²) in [5, 5.41) is 0. The quantitative estimate of drug-likeness (QED) is 0.370. The first-order chi connectivity index (χ1) is 4.16. The van der Waals surface area contributed by atoms with Crippen molar-refractivity contribution in [2.45, 2.75) is 13.3 Å². The number of thiol groups is 1. The van der Waals surface area contributed by atoms with Crippen LogP contribution in [-0.2, 0) is 9.53 Å². The highest BCUT2D eigenvalue weighted by Gasteiger charge is 1.98. The van der Waals surface area contributed by atoms with Crippen LogP contribution in [-0.4, -0.2) is 11.7 Å². The molecular weight excluding hydrogens is 136 g/mol. The maximum absolute atomic E-state index is 10.5. The van der Waals surface area contributed by atoms with Crippen LogP contribution < -0.4 is 0 Å². The van der Waals surface area contributed by atoms with E-state index in [1.54, 1.807) is 6.92 Å². The Balaban J connectivity index is 3.39. The Morgan fingerprint density at radius 1 is 1.78 bits per heavy atom. The number of hydrogen-bond acceptors (Lipinski definition) is 3. The fourth-order valence-corrected chi connectivity index (χ4v) is 0.519. The molecule has 0 aromatic heterocycles. The lowest BCUT2D eigenvalue weighted by Crippen LogP contribution is -2.02. The van der Waals surface area contributed by atoms with Gasteiger partial charge in [0, 0.05) is 5.75 Å². The first kappa shape index (κ1) is 8.56. The van der Waals surface area contributed by atoms with Crippen LogP contribution in [0.1, 0.15) is 13.3 Å². The largest absolute Gasteiger partial charge is 0.432 e. The molecule has 0 fully saturated rings. The zero-order valence-electron chi connectivity index (χ0n) is 5.39. The second-order valence-electron chi connectivity index (χ2n) is 1.65. The van der Waals surface area contributed by atoms with Crippen LogP contribution in [0.25, 0.3) is 0 Å². The lowest BCUT2D eigenvalue weighted by molar-refractivity contribution is -0.138. The van der Waals surface area contributed by atoms with Crippen molar-refractivity contribution >= 4 is 18.6 Å². The van der Waals surface area contributed by atoms with Gasteiger partial charge in [-0.15, -0.1) is 0 Å². The van der Waals surface area contributed by atoms with Gasteiger partial charge in [-0.1, -0.05) is 6.58 Å². The summed E-state index contributed by atoms with van der Waals surface area (Å²) in [4.78, 5) is 10.5. The summed E-state index contributed by atoms with van der Waals surface area (Å²) < 4.78 is 4.61. The molecule has 9 heavy (non-hydrogen) atoms. The van der Waals surface area contributed by atoms with Crippen LogP contribution in [0.5, 0.6) is 0 Å². The molecular formula is C6H10O2S. The number of ether oxygens (including phenoxy) is 1. The molecule has 0 atom stereocenters. The van der Waals surface area contributed by atoms with E-state index in [9.17, 15) is 4.79 Å². The summed E-state index contributed by atoms with van der Waals surface area (Å²) in [7, 11) is 0. The van der Waals surface area contributed by atoms with Crippen LogP contribution in [0.2, 0.25) is 0 Å². The molecule has 0 aliphatic rings. The Hall–Kier alpha value is -0.440. The van der Waals surface area contributed by atoms with Gasteiger partial charge < -0.3 is 4.74 Å². The van der Waals surface area contributed by atoms with Crippen molar-refractivity contribution in [3.05, 3.63) is 12.3 Å². The highest BCUT2D eigenvalue weighted by molar-refractivity contribution is 7.80. The van der Waals surface area contributed by atoms with E-state index >= 15 is 0 Å². The molecule has 0 saturated heterocycles. The molecule has 0 aliphatic heterocycles. The minimum absolute atomic E-state index is 0.266. The molecule has 0 heterocycles. The highest BCUT2D eigenvalue weighted by Crippen LogP contribution is 1.95. The summed E-state index contributed by atoms with van der Waals surface area (Å²) in [5.41, 5.74) is 0. The van der Waals surface area contributed by atoms with Crippen molar-refractivity contribution in [1.82, 2.24) is 0 Å². The van der Waals surface area contributed by atoms with Gasteiger partial charge in [0.15, 0.2) is 0 Å². The van der Waals surface area contributed by atoms with Gasteiger partial charge >= 0.3 is 5.97 Å². The Morgan fingerprint density at radius 2 is 2.33 bits per heavy atom. The number of carbonyl (C=O) groups is 1. The zero-order chi connectivity index (χ0) is 7.28. The van der Waals surface area contributed by atoms with Gasteiger partial charge in [0.1, 0.15) is 0 Å². The molecule has 0 radical (unpaired) electrons. The first-order valence-corrected chi connectivity index (χ1v) is 3.27. The fraction of sp³-hybridized carbons (Fsp3) is 0.500. The van der Waals surface area contributed by atoms with E-state index in [2.05, 4.69) is 23.9 Å². The third-order valence-electron chi connectivity index (χ3n) is 0.604. The lowest BCUT2D eigenvalue weighted by atomic mass is 10.5. The van der Waals surface area contributed by atoms with Crippen molar-refractivity contribution in [2.75, 3.05) is 5.75 Å². The van der Waals surface area contributed by atoms with Crippen LogP contribution >= 0.6 is 12.6 Å². The van der Waals surface area contributed by atoms with Gasteiger partial charge in [0.25, 0.3) is 0 Å². The Labute approximate surface area is 60.3 Å². The van der Waals surface area contributed by atoms with Crippen LogP contribution in [0.3, 0.4) is 0 Å². The molecule has 3 heteroatoms. The van der Waals surface area contributed by atoms with E-state index in [4.69, 9.17) is 0 Å². The SMILES string of the molecule is C=C(C)OC(=O)CCS. The lowest BCUT2D eigenvalue weighted by Gasteiger charge is -1.98. The van der Waals surface area contributed by atoms with Crippen molar-refractivity contribution in [3.8, 4) is 0 Å². The maximum atomic E-state index is 10.5. The predicted octanol–water partition coefficient (Wildman–Crippen LogP) is 1.38. The first-order valence-electron chi connectivity index (χ1n) is 2.64. The third kappa shape index (κ3) is 5.43. The van der Waals surface area contributed by atoms with Gasteiger partial charge in [-0.3, -0.25) is 4.79 Å². The Morgan fingerprint density at radius 3 is 2.67 bits per heavy atom. The molecule has 0 aliphatic carbocycles. The fourth-order valence-electron chi connectivity index (χ4n) is 0.337. The summed E-state index contributed by atoms with van der Waals surface area (Å²) in [6.07, 6.45) is 0.343. The minimum atomic E-state index is -0.266. The van der Waals surface area contributed by atoms with Gasteiger partial charge in [-0.05, 0) is 6.92 Å². The molecule has 2 nitrogen and oxygen atoms in total. The van der Waals surface area contributed by atoms with Crippen molar-refractivity contribution in [2.24, 2.45) is 0 Å². The number of rotatable bonds is 3. The van der Waals surface area contributed by atoms with E-state index < -0.39 is 0 Å². The Kier molecular flexibility index (Phi) is 4.22. The summed E-state index contributed by atoms with van der Waals surface area (Å²) in [5.74, 6) is 0.686. The highest BCUT2D eigenvalue weighted by atomic mass is 32.1. The Bertz CT molecular complexity index is 120. The molecule has 0 aromatic carbocycles. The molecule has 0 N–H and O–H groups in total. The molecule has 0 rings (SSSR count). The molecule has 0 amide bonds. The molecule has 0 saturated carbocycles. The molecule has 0 bridgehead atoms. The number of allylic oxidation sites excluding steroid dienone is 1. The van der Waals surface area contributed by atoms with Crippen LogP contribution in [0, 0.1) is 0 Å². The topological polar surface area (TPSA) is 26.3 Å². The standard InChI is InChI=1S/C6H10O2S/c1-5(2)8-6(7)3-4-9/h9H,1,3-4H2,2H3. The minimum Gasteiger partial charge on any atom is -0.432 e. The number of hydrogen-bond donors (Lipinski definition) is 1. The van der Waals surface area contributed by atoms with E-state index in [1.807, 2.05) is 0 Å². The summed E-state index contributed by atoms with van der Waals surface area (Å²) in [6, 6.07) is 0. The monoisotopic (exact) mass is 146 g/mol. The van der Waals surface area contributed by atoms with Crippen LogP contribution in [0.15, 0.2) is 12.3 Å². The molecule has 0 spiro atoms. The summed E-state index contributed by atoms with van der Waals surface area (Å²) >= 11 is 3.85. The maximum Gasteiger partial charge on any atom is 0.311 e. The zero-order valence-corrected chi connectivity index (χ0v) is 6.28. The average Bonchev–Trinajstić information content (AvgIpc) is 1.63. The van der Waals surface area contributed by atoms with Crippen molar-refractivity contribution in [1.29, 1.82) is 0 Å². The third-order valence-corrected chi connectivity index (χ3v) is 0.828. The number of esters is 1. The molecule has 0 aromatic rings.